The quantitative estimate of drug-likeness (QED) is 0.886. The van der Waals surface area contributed by atoms with Crippen LogP contribution >= 0.6 is 11.3 Å². The van der Waals surface area contributed by atoms with Crippen LogP contribution in [0.25, 0.3) is 0 Å². The van der Waals surface area contributed by atoms with Crippen molar-refractivity contribution >= 4 is 23.2 Å². The van der Waals surface area contributed by atoms with Gasteiger partial charge < -0.3 is 10.6 Å². The summed E-state index contributed by atoms with van der Waals surface area (Å²) >= 11 is 1.70. The number of thiophene rings is 1. The van der Waals surface area contributed by atoms with E-state index in [4.69, 9.17) is 5.73 Å². The molecule has 0 unspecified atom stereocenters. The van der Waals surface area contributed by atoms with Gasteiger partial charge in [0.05, 0.1) is 6.54 Å². The zero-order valence-corrected chi connectivity index (χ0v) is 12.2. The highest BCUT2D eigenvalue weighted by atomic mass is 32.1. The third-order valence-electron chi connectivity index (χ3n) is 2.53. The van der Waals surface area contributed by atoms with Crippen LogP contribution in [-0.2, 0) is 13.1 Å². The van der Waals surface area contributed by atoms with E-state index in [1.807, 2.05) is 26.0 Å². The predicted octanol–water partition coefficient (Wildman–Crippen LogP) is 1.21. The Balaban J connectivity index is 2.05. The second-order valence-electron chi connectivity index (χ2n) is 4.61. The van der Waals surface area contributed by atoms with Gasteiger partial charge in [-0.3, -0.25) is 4.90 Å². The number of nitrogens with two attached hydrogens (primary N) is 1. The smallest absolute Gasteiger partial charge is 0.229 e. The van der Waals surface area contributed by atoms with Crippen molar-refractivity contribution in [1.29, 1.82) is 0 Å². The Morgan fingerprint density at radius 2 is 1.95 bits per heavy atom. The van der Waals surface area contributed by atoms with E-state index in [0.717, 1.165) is 6.54 Å². The fourth-order valence-corrected chi connectivity index (χ4v) is 2.35. The van der Waals surface area contributed by atoms with Gasteiger partial charge in [0, 0.05) is 20.6 Å². The van der Waals surface area contributed by atoms with E-state index in [-0.39, 0.29) is 5.95 Å². The van der Waals surface area contributed by atoms with Gasteiger partial charge in [-0.15, -0.1) is 0 Å². The van der Waals surface area contributed by atoms with Crippen LogP contribution in [0, 0.1) is 0 Å². The number of anilines is 2. The monoisotopic (exact) mass is 278 g/mol. The zero-order valence-electron chi connectivity index (χ0n) is 11.4. The summed E-state index contributed by atoms with van der Waals surface area (Å²) in [5.41, 5.74) is 7.00. The maximum absolute atomic E-state index is 5.70. The van der Waals surface area contributed by atoms with Crippen molar-refractivity contribution in [3.05, 3.63) is 28.2 Å². The van der Waals surface area contributed by atoms with Gasteiger partial charge >= 0.3 is 0 Å². The third kappa shape index (κ3) is 3.87. The molecule has 2 aromatic heterocycles. The molecule has 2 N–H and O–H groups in total. The Kier molecular flexibility index (Phi) is 4.28. The fourth-order valence-electron chi connectivity index (χ4n) is 1.69. The standard InChI is InChI=1S/C12H18N6S/c1-17(2)12-15-10(14-11(13)16-12)7-18(3)6-9-4-5-19-8-9/h4-5,8H,6-7H2,1-3H3,(H2,13,14,15,16). The van der Waals surface area contributed by atoms with Crippen LogP contribution in [0.2, 0.25) is 0 Å². The van der Waals surface area contributed by atoms with E-state index < -0.39 is 0 Å². The van der Waals surface area contributed by atoms with Crippen molar-refractivity contribution in [3.63, 3.8) is 0 Å². The number of hydrogen-bond acceptors (Lipinski definition) is 7. The summed E-state index contributed by atoms with van der Waals surface area (Å²) in [4.78, 5) is 16.6. The summed E-state index contributed by atoms with van der Waals surface area (Å²) in [7, 11) is 5.80. The molecule has 0 aliphatic rings. The summed E-state index contributed by atoms with van der Waals surface area (Å²) in [5.74, 6) is 1.54. The normalized spacial score (nSPS) is 10.9. The van der Waals surface area contributed by atoms with Gasteiger partial charge in [0.25, 0.3) is 0 Å². The van der Waals surface area contributed by atoms with Crippen molar-refractivity contribution in [1.82, 2.24) is 19.9 Å². The lowest BCUT2D eigenvalue weighted by Gasteiger charge is -2.16. The molecule has 0 saturated heterocycles. The number of hydrogen-bond donors (Lipinski definition) is 1. The van der Waals surface area contributed by atoms with Crippen molar-refractivity contribution < 1.29 is 0 Å². The van der Waals surface area contributed by atoms with Crippen molar-refractivity contribution in [3.8, 4) is 0 Å². The molecule has 0 aromatic carbocycles. The molecule has 0 radical (unpaired) electrons. The number of nitrogen functional groups attached to an aromatic ring is 1. The fraction of sp³-hybridized carbons (Fsp3) is 0.417. The van der Waals surface area contributed by atoms with E-state index >= 15 is 0 Å². The van der Waals surface area contributed by atoms with Gasteiger partial charge in [0.15, 0.2) is 0 Å². The average Bonchev–Trinajstić information content (AvgIpc) is 2.80. The summed E-state index contributed by atoms with van der Waals surface area (Å²) in [6, 6.07) is 2.12. The van der Waals surface area contributed by atoms with Gasteiger partial charge in [-0.1, -0.05) is 0 Å². The predicted molar refractivity (Wildman–Crippen MR) is 78.1 cm³/mol. The molecular weight excluding hydrogens is 260 g/mol. The van der Waals surface area contributed by atoms with Gasteiger partial charge in [-0.2, -0.15) is 26.3 Å². The maximum atomic E-state index is 5.70. The van der Waals surface area contributed by atoms with Crippen molar-refractivity contribution in [2.24, 2.45) is 0 Å². The Labute approximate surface area is 116 Å². The molecule has 0 atom stereocenters. The Hall–Kier alpha value is -1.73. The highest BCUT2D eigenvalue weighted by Crippen LogP contribution is 2.11. The molecule has 0 fully saturated rings. The lowest BCUT2D eigenvalue weighted by Crippen LogP contribution is -2.21. The maximum Gasteiger partial charge on any atom is 0.229 e. The molecule has 102 valence electrons. The molecular formula is C12H18N6S. The van der Waals surface area contributed by atoms with Crippen LogP contribution in [0.5, 0.6) is 0 Å². The van der Waals surface area contributed by atoms with E-state index in [1.165, 1.54) is 5.56 Å². The molecule has 2 aromatic rings. The topological polar surface area (TPSA) is 71.2 Å². The highest BCUT2D eigenvalue weighted by Gasteiger charge is 2.09. The van der Waals surface area contributed by atoms with E-state index in [9.17, 15) is 0 Å². The molecule has 0 aliphatic carbocycles. The number of aromatic nitrogens is 3. The number of rotatable bonds is 5. The molecule has 0 bridgehead atoms. The summed E-state index contributed by atoms with van der Waals surface area (Å²) in [6.45, 7) is 1.51. The molecule has 6 nitrogen and oxygen atoms in total. The molecule has 0 amide bonds. The summed E-state index contributed by atoms with van der Waals surface area (Å²) in [6.07, 6.45) is 0. The largest absolute Gasteiger partial charge is 0.368 e. The third-order valence-corrected chi connectivity index (χ3v) is 3.26. The second-order valence-corrected chi connectivity index (χ2v) is 5.39. The average molecular weight is 278 g/mol. The lowest BCUT2D eigenvalue weighted by atomic mass is 10.3. The Morgan fingerprint density at radius 1 is 1.16 bits per heavy atom. The Bertz CT molecular complexity index is 525. The minimum absolute atomic E-state index is 0.262. The van der Waals surface area contributed by atoms with Crippen molar-refractivity contribution in [2.75, 3.05) is 31.8 Å². The van der Waals surface area contributed by atoms with Crippen LogP contribution < -0.4 is 10.6 Å². The molecule has 7 heteroatoms. The van der Waals surface area contributed by atoms with Gasteiger partial charge in [-0.25, -0.2) is 0 Å². The van der Waals surface area contributed by atoms with Crippen LogP contribution in [0.3, 0.4) is 0 Å². The van der Waals surface area contributed by atoms with Gasteiger partial charge in [0.1, 0.15) is 5.82 Å². The lowest BCUT2D eigenvalue weighted by molar-refractivity contribution is 0.311. The number of nitrogens with zero attached hydrogens (tertiary/aromatic N) is 5. The first kappa shape index (κ1) is 13.7. The van der Waals surface area contributed by atoms with Crippen LogP contribution in [0.4, 0.5) is 11.9 Å². The summed E-state index contributed by atoms with van der Waals surface area (Å²) in [5, 5.41) is 4.22. The SMILES string of the molecule is CN(Cc1ccsc1)Cc1nc(N)nc(N(C)C)n1. The van der Waals surface area contributed by atoms with Gasteiger partial charge in [0.2, 0.25) is 11.9 Å². The van der Waals surface area contributed by atoms with Crippen molar-refractivity contribution in [2.45, 2.75) is 13.1 Å². The second kappa shape index (κ2) is 5.94. The molecule has 19 heavy (non-hydrogen) atoms. The molecule has 2 rings (SSSR count). The van der Waals surface area contributed by atoms with E-state index in [0.29, 0.717) is 18.3 Å². The molecule has 0 saturated carbocycles. The first-order chi connectivity index (χ1) is 9.04. The van der Waals surface area contributed by atoms with E-state index in [1.54, 1.807) is 11.3 Å². The van der Waals surface area contributed by atoms with Crippen LogP contribution in [-0.4, -0.2) is 41.0 Å². The minimum Gasteiger partial charge on any atom is -0.368 e. The zero-order chi connectivity index (χ0) is 13.8. The first-order valence-electron chi connectivity index (χ1n) is 5.92. The van der Waals surface area contributed by atoms with Crippen LogP contribution in [0.1, 0.15) is 11.4 Å². The molecule has 0 spiro atoms. The summed E-state index contributed by atoms with van der Waals surface area (Å²) < 4.78 is 0. The van der Waals surface area contributed by atoms with Crippen LogP contribution in [0.15, 0.2) is 16.8 Å². The molecule has 2 heterocycles. The molecule has 0 aliphatic heterocycles. The van der Waals surface area contributed by atoms with Gasteiger partial charge in [-0.05, 0) is 29.4 Å². The minimum atomic E-state index is 0.262. The first-order valence-corrected chi connectivity index (χ1v) is 6.86. The Morgan fingerprint density at radius 3 is 2.58 bits per heavy atom. The highest BCUT2D eigenvalue weighted by molar-refractivity contribution is 7.07. The van der Waals surface area contributed by atoms with E-state index in [2.05, 4.69) is 36.7 Å².